The third-order valence-electron chi connectivity index (χ3n) is 4.95. The summed E-state index contributed by atoms with van der Waals surface area (Å²) in [5, 5.41) is 3.15. The molecule has 2 aliphatic heterocycles. The van der Waals surface area contributed by atoms with Crippen molar-refractivity contribution in [3.8, 4) is 0 Å². The summed E-state index contributed by atoms with van der Waals surface area (Å²) in [5.41, 5.74) is 1.63. The summed E-state index contributed by atoms with van der Waals surface area (Å²) in [7, 11) is -0.182. The van der Waals surface area contributed by atoms with Gasteiger partial charge in [-0.1, -0.05) is 0 Å². The van der Waals surface area contributed by atoms with Crippen molar-refractivity contribution >= 4 is 27.3 Å². The lowest BCUT2D eigenvalue weighted by molar-refractivity contribution is -0.126. The van der Waals surface area contributed by atoms with Crippen LogP contribution in [0.25, 0.3) is 0 Å². The van der Waals surface area contributed by atoms with E-state index in [4.69, 9.17) is 4.74 Å². The highest BCUT2D eigenvalue weighted by Gasteiger charge is 2.28. The first-order valence-corrected chi connectivity index (χ1v) is 10.7. The van der Waals surface area contributed by atoms with Crippen molar-refractivity contribution in [3.63, 3.8) is 0 Å². The Morgan fingerprint density at radius 2 is 1.81 bits per heavy atom. The second-order valence-electron chi connectivity index (χ2n) is 7.03. The molecule has 150 valence electrons. The number of anilines is 2. The van der Waals surface area contributed by atoms with Gasteiger partial charge in [0.2, 0.25) is 15.9 Å². The SMILES string of the molecule is CN(C)C(=O)CNc1cc(S(=O)(=O)N2CCOCC2)ccc1N1CCCC1. The number of nitrogens with one attached hydrogen (secondary N) is 1. The molecule has 2 heterocycles. The molecule has 2 saturated heterocycles. The first-order chi connectivity index (χ1) is 12.9. The van der Waals surface area contributed by atoms with Crippen molar-refractivity contribution in [2.24, 2.45) is 0 Å². The van der Waals surface area contributed by atoms with Gasteiger partial charge in [0.25, 0.3) is 0 Å². The summed E-state index contributed by atoms with van der Waals surface area (Å²) < 4.78 is 32.7. The number of hydrogen-bond acceptors (Lipinski definition) is 6. The number of carbonyl (C=O) groups excluding carboxylic acids is 1. The van der Waals surface area contributed by atoms with Crippen molar-refractivity contribution in [2.75, 3.05) is 70.2 Å². The average molecular weight is 397 g/mol. The van der Waals surface area contributed by atoms with Crippen LogP contribution in [0.4, 0.5) is 11.4 Å². The lowest BCUT2D eigenvalue weighted by atomic mass is 10.2. The van der Waals surface area contributed by atoms with Crippen LogP contribution < -0.4 is 10.2 Å². The molecule has 1 amide bonds. The predicted octanol–water partition coefficient (Wildman–Crippen LogP) is 0.808. The van der Waals surface area contributed by atoms with Crippen molar-refractivity contribution < 1.29 is 17.9 Å². The maximum absolute atomic E-state index is 13.0. The fourth-order valence-electron chi connectivity index (χ4n) is 3.32. The fraction of sp³-hybridized carbons (Fsp3) is 0.611. The van der Waals surface area contributed by atoms with Crippen LogP contribution in [0.15, 0.2) is 23.1 Å². The minimum Gasteiger partial charge on any atom is -0.379 e. The molecule has 0 atom stereocenters. The molecule has 2 fully saturated rings. The Kier molecular flexibility index (Phi) is 6.23. The highest BCUT2D eigenvalue weighted by molar-refractivity contribution is 7.89. The maximum atomic E-state index is 13.0. The number of sulfonamides is 1. The average Bonchev–Trinajstić information content (AvgIpc) is 3.21. The third-order valence-corrected chi connectivity index (χ3v) is 6.85. The van der Waals surface area contributed by atoms with Crippen molar-refractivity contribution in [3.05, 3.63) is 18.2 Å². The van der Waals surface area contributed by atoms with Crippen molar-refractivity contribution in [1.82, 2.24) is 9.21 Å². The summed E-state index contributed by atoms with van der Waals surface area (Å²) >= 11 is 0. The Labute approximate surface area is 161 Å². The number of amides is 1. The topological polar surface area (TPSA) is 82.2 Å². The van der Waals surface area contributed by atoms with Crippen molar-refractivity contribution in [1.29, 1.82) is 0 Å². The lowest BCUT2D eigenvalue weighted by Gasteiger charge is -2.27. The number of hydrogen-bond donors (Lipinski definition) is 1. The molecule has 9 heteroatoms. The zero-order valence-corrected chi connectivity index (χ0v) is 16.8. The Morgan fingerprint density at radius 3 is 2.44 bits per heavy atom. The molecule has 1 aromatic carbocycles. The molecule has 0 aliphatic carbocycles. The smallest absolute Gasteiger partial charge is 0.243 e. The van der Waals surface area contributed by atoms with Gasteiger partial charge in [0.1, 0.15) is 0 Å². The minimum atomic E-state index is -3.58. The molecule has 3 rings (SSSR count). The van der Waals surface area contributed by atoms with E-state index in [1.54, 1.807) is 26.2 Å². The minimum absolute atomic E-state index is 0.0659. The summed E-state index contributed by atoms with van der Waals surface area (Å²) in [6, 6.07) is 5.17. The Hall–Kier alpha value is -1.84. The lowest BCUT2D eigenvalue weighted by Crippen LogP contribution is -2.40. The van der Waals surface area contributed by atoms with Gasteiger partial charge >= 0.3 is 0 Å². The maximum Gasteiger partial charge on any atom is 0.243 e. The van der Waals surface area contributed by atoms with Gasteiger partial charge in [-0.15, -0.1) is 0 Å². The van der Waals surface area contributed by atoms with Gasteiger partial charge in [-0.2, -0.15) is 4.31 Å². The van der Waals surface area contributed by atoms with Gasteiger partial charge in [0.15, 0.2) is 0 Å². The Bertz CT molecular complexity index is 770. The monoisotopic (exact) mass is 396 g/mol. The van der Waals surface area contributed by atoms with Crippen LogP contribution in [-0.4, -0.2) is 83.6 Å². The molecule has 0 unspecified atom stereocenters. The molecule has 2 aliphatic rings. The zero-order valence-electron chi connectivity index (χ0n) is 16.0. The number of morpholine rings is 1. The molecule has 0 spiro atoms. The van der Waals surface area contributed by atoms with Gasteiger partial charge in [-0.05, 0) is 31.0 Å². The van der Waals surface area contributed by atoms with E-state index in [1.165, 1.54) is 9.21 Å². The molecule has 0 saturated carbocycles. The van der Waals surface area contributed by atoms with Gasteiger partial charge in [-0.25, -0.2) is 8.42 Å². The number of carbonyl (C=O) groups is 1. The number of rotatable bonds is 6. The predicted molar refractivity (Wildman–Crippen MR) is 105 cm³/mol. The molecule has 0 radical (unpaired) electrons. The van der Waals surface area contributed by atoms with Gasteiger partial charge in [0.05, 0.1) is 36.0 Å². The van der Waals surface area contributed by atoms with Crippen LogP contribution in [-0.2, 0) is 19.6 Å². The molecule has 0 aromatic heterocycles. The van der Waals surface area contributed by atoms with E-state index < -0.39 is 10.0 Å². The molecule has 27 heavy (non-hydrogen) atoms. The number of likely N-dealkylation sites (N-methyl/N-ethyl adjacent to an activating group) is 1. The number of nitrogens with zero attached hydrogens (tertiary/aromatic N) is 3. The highest BCUT2D eigenvalue weighted by atomic mass is 32.2. The quantitative estimate of drug-likeness (QED) is 0.766. The molecular weight excluding hydrogens is 368 g/mol. The molecule has 0 bridgehead atoms. The second-order valence-corrected chi connectivity index (χ2v) is 8.97. The van der Waals surface area contributed by atoms with E-state index in [0.29, 0.717) is 32.0 Å². The summed E-state index contributed by atoms with van der Waals surface area (Å²) in [5.74, 6) is -0.0659. The number of ether oxygens (including phenoxy) is 1. The van der Waals surface area contributed by atoms with E-state index in [1.807, 2.05) is 6.07 Å². The van der Waals surface area contributed by atoms with Gasteiger partial charge in [-0.3, -0.25) is 4.79 Å². The first-order valence-electron chi connectivity index (χ1n) is 9.30. The van der Waals surface area contributed by atoms with Crippen LogP contribution in [0.2, 0.25) is 0 Å². The third kappa shape index (κ3) is 4.53. The van der Waals surface area contributed by atoms with E-state index in [9.17, 15) is 13.2 Å². The van der Waals surface area contributed by atoms with Crippen LogP contribution >= 0.6 is 0 Å². The van der Waals surface area contributed by atoms with E-state index in [0.717, 1.165) is 31.6 Å². The van der Waals surface area contributed by atoms with Crippen LogP contribution in [0.1, 0.15) is 12.8 Å². The molecule has 1 aromatic rings. The second kappa shape index (κ2) is 8.45. The zero-order chi connectivity index (χ0) is 19.4. The van der Waals surface area contributed by atoms with E-state index in [2.05, 4.69) is 10.2 Å². The summed E-state index contributed by atoms with van der Waals surface area (Å²) in [4.78, 5) is 16.0. The van der Waals surface area contributed by atoms with Gasteiger partial charge < -0.3 is 19.9 Å². The van der Waals surface area contributed by atoms with Gasteiger partial charge in [0, 0.05) is 40.3 Å². The standard InChI is InChI=1S/C18H28N4O4S/c1-20(2)18(23)14-19-16-13-15(5-6-17(16)21-7-3-4-8-21)27(24,25)22-9-11-26-12-10-22/h5-6,13,19H,3-4,7-12,14H2,1-2H3. The van der Waals surface area contributed by atoms with Crippen LogP contribution in [0.5, 0.6) is 0 Å². The number of benzene rings is 1. The van der Waals surface area contributed by atoms with Crippen LogP contribution in [0.3, 0.4) is 0 Å². The largest absolute Gasteiger partial charge is 0.379 e. The van der Waals surface area contributed by atoms with Crippen molar-refractivity contribution in [2.45, 2.75) is 17.7 Å². The summed E-state index contributed by atoms with van der Waals surface area (Å²) in [6.45, 7) is 3.53. The molecular formula is C18H28N4O4S. The normalized spacial score (nSPS) is 18.5. The van der Waals surface area contributed by atoms with E-state index >= 15 is 0 Å². The first kappa shape index (κ1) is 19.9. The van der Waals surface area contributed by atoms with Crippen LogP contribution in [0, 0.1) is 0 Å². The Balaban J connectivity index is 1.89. The van der Waals surface area contributed by atoms with E-state index in [-0.39, 0.29) is 17.3 Å². The fourth-order valence-corrected chi connectivity index (χ4v) is 4.75. The Morgan fingerprint density at radius 1 is 1.15 bits per heavy atom. The molecule has 8 nitrogen and oxygen atoms in total. The highest BCUT2D eigenvalue weighted by Crippen LogP contribution is 2.32. The summed E-state index contributed by atoms with van der Waals surface area (Å²) in [6.07, 6.45) is 2.23. The molecule has 1 N–H and O–H groups in total.